The quantitative estimate of drug-likeness (QED) is 0.332. The molecule has 2 aliphatic carbocycles. The third kappa shape index (κ3) is 6.20. The van der Waals surface area contributed by atoms with Crippen molar-refractivity contribution in [2.45, 2.75) is 94.9 Å². The predicted octanol–water partition coefficient (Wildman–Crippen LogP) is 5.92. The van der Waals surface area contributed by atoms with Crippen molar-refractivity contribution in [3.05, 3.63) is 41.7 Å². The molecule has 2 aromatic heterocycles. The number of nitrogens with two attached hydrogens (primary N) is 1. The molecule has 4 N–H and O–H groups in total. The number of piperidine rings is 1. The Morgan fingerprint density at radius 1 is 0.900 bits per heavy atom. The van der Waals surface area contributed by atoms with Gasteiger partial charge in [-0.25, -0.2) is 9.99 Å². The van der Waals surface area contributed by atoms with E-state index in [4.69, 9.17) is 20.7 Å². The van der Waals surface area contributed by atoms with Crippen LogP contribution in [0.15, 0.2) is 30.6 Å². The first-order valence-electron chi connectivity index (χ1n) is 14.8. The number of nitrogens with zero attached hydrogens (tertiary/aromatic N) is 5. The van der Waals surface area contributed by atoms with Gasteiger partial charge in [0.05, 0.1) is 11.9 Å². The lowest BCUT2D eigenvalue weighted by Gasteiger charge is -2.32. The molecule has 0 atom stereocenters. The number of halogens is 3. The monoisotopic (exact) mass is 556 g/mol. The van der Waals surface area contributed by atoms with Crippen LogP contribution >= 0.6 is 0 Å². The summed E-state index contributed by atoms with van der Waals surface area (Å²) in [4.78, 5) is 14.6. The molecule has 3 fully saturated rings. The number of aromatic nitrogens is 4. The summed E-state index contributed by atoms with van der Waals surface area (Å²) in [6, 6.07) is 6.61. The molecule has 0 amide bonds. The molecular weight excluding hydrogens is 517 g/mol. The second-order valence-corrected chi connectivity index (χ2v) is 11.9. The van der Waals surface area contributed by atoms with Crippen LogP contribution in [-0.2, 0) is 12.6 Å². The molecule has 8 nitrogen and oxygen atoms in total. The molecule has 3 heterocycles. The zero-order valence-corrected chi connectivity index (χ0v) is 22.8. The van der Waals surface area contributed by atoms with E-state index in [1.807, 2.05) is 6.33 Å². The third-order valence-corrected chi connectivity index (χ3v) is 8.93. The van der Waals surface area contributed by atoms with Crippen molar-refractivity contribution in [2.24, 2.45) is 11.7 Å². The normalized spacial score (nSPS) is 23.6. The Hall–Kier alpha value is -2.92. The van der Waals surface area contributed by atoms with Gasteiger partial charge in [-0.15, -0.1) is 0 Å². The number of alkyl halides is 3. The lowest BCUT2D eigenvalue weighted by molar-refractivity contribution is -0.137. The molecule has 1 aliphatic heterocycles. The molecule has 3 aromatic rings. The van der Waals surface area contributed by atoms with Gasteiger partial charge in [0.1, 0.15) is 0 Å². The lowest BCUT2D eigenvalue weighted by atomic mass is 9.90. The third-order valence-electron chi connectivity index (χ3n) is 8.93. The highest BCUT2D eigenvalue weighted by molar-refractivity contribution is 5.84. The van der Waals surface area contributed by atoms with E-state index < -0.39 is 11.7 Å². The smallest absolute Gasteiger partial charge is 0.351 e. The maximum absolute atomic E-state index is 12.9. The Kier molecular flexibility index (Phi) is 7.85. The number of hydrogen-bond donors (Lipinski definition) is 3. The molecule has 1 aromatic carbocycles. The average molecular weight is 557 g/mol. The van der Waals surface area contributed by atoms with E-state index in [1.54, 1.807) is 12.1 Å². The maximum atomic E-state index is 12.9. The molecule has 0 bridgehead atoms. The van der Waals surface area contributed by atoms with E-state index in [1.165, 1.54) is 25.0 Å². The first-order valence-corrected chi connectivity index (χ1v) is 14.8. The second-order valence-electron chi connectivity index (χ2n) is 11.9. The molecular formula is C29H39F3N8. The fourth-order valence-corrected chi connectivity index (χ4v) is 6.52. The summed E-state index contributed by atoms with van der Waals surface area (Å²) in [6.07, 6.45) is 9.10. The van der Waals surface area contributed by atoms with Gasteiger partial charge in [0.15, 0.2) is 17.0 Å². The molecule has 40 heavy (non-hydrogen) atoms. The van der Waals surface area contributed by atoms with Crippen LogP contribution in [0.2, 0.25) is 0 Å². The number of hydrogen-bond acceptors (Lipinski definition) is 7. The summed E-state index contributed by atoms with van der Waals surface area (Å²) in [6.45, 7) is 1.65. The Labute approximate surface area is 232 Å². The molecule has 1 saturated heterocycles. The van der Waals surface area contributed by atoms with Gasteiger partial charge in [0.25, 0.3) is 0 Å². The van der Waals surface area contributed by atoms with Crippen LogP contribution in [0, 0.1) is 5.92 Å². The molecule has 216 valence electrons. The fourth-order valence-electron chi connectivity index (χ4n) is 6.52. The number of imidazole rings is 1. The van der Waals surface area contributed by atoms with E-state index in [-0.39, 0.29) is 6.04 Å². The minimum absolute atomic E-state index is 0.282. The summed E-state index contributed by atoms with van der Waals surface area (Å²) < 4.78 is 40.9. The Morgan fingerprint density at radius 3 is 2.27 bits per heavy atom. The number of benzene rings is 1. The van der Waals surface area contributed by atoms with Gasteiger partial charge >= 0.3 is 6.18 Å². The van der Waals surface area contributed by atoms with Gasteiger partial charge in [-0.3, -0.25) is 0 Å². The zero-order chi connectivity index (χ0) is 27.7. The van der Waals surface area contributed by atoms with Crippen LogP contribution in [-0.4, -0.2) is 49.7 Å². The van der Waals surface area contributed by atoms with Gasteiger partial charge in [0, 0.05) is 31.2 Å². The van der Waals surface area contributed by atoms with Crippen LogP contribution in [0.4, 0.5) is 24.9 Å². The molecule has 0 unspecified atom stereocenters. The molecule has 0 radical (unpaired) electrons. The van der Waals surface area contributed by atoms with E-state index in [2.05, 4.69) is 20.3 Å². The Balaban J connectivity index is 1.14. The number of fused-ring (bicyclic) bond motifs is 1. The van der Waals surface area contributed by atoms with Gasteiger partial charge in [-0.1, -0.05) is 25.0 Å². The van der Waals surface area contributed by atoms with Gasteiger partial charge in [0.2, 0.25) is 5.95 Å². The Morgan fingerprint density at radius 2 is 1.60 bits per heavy atom. The average Bonchev–Trinajstić information content (AvgIpc) is 3.61. The first-order chi connectivity index (χ1) is 19.3. The van der Waals surface area contributed by atoms with E-state index >= 15 is 0 Å². The van der Waals surface area contributed by atoms with Crippen molar-refractivity contribution in [3.8, 4) is 0 Å². The zero-order valence-electron chi connectivity index (χ0n) is 22.8. The summed E-state index contributed by atoms with van der Waals surface area (Å²) in [5, 5.41) is 5.76. The van der Waals surface area contributed by atoms with Crippen LogP contribution in [0.3, 0.4) is 0 Å². The molecule has 0 spiro atoms. The number of hydrazine groups is 1. The maximum Gasteiger partial charge on any atom is 0.416 e. The summed E-state index contributed by atoms with van der Waals surface area (Å²) in [5.41, 5.74) is 11.7. The highest BCUT2D eigenvalue weighted by Gasteiger charge is 2.30. The minimum Gasteiger partial charge on any atom is -0.351 e. The van der Waals surface area contributed by atoms with Crippen LogP contribution in [0.1, 0.15) is 81.4 Å². The fraction of sp³-hybridized carbons (Fsp3) is 0.621. The number of anilines is 2. The van der Waals surface area contributed by atoms with E-state index in [0.29, 0.717) is 23.9 Å². The first kappa shape index (κ1) is 27.3. The van der Waals surface area contributed by atoms with E-state index in [9.17, 15) is 13.2 Å². The molecule has 11 heteroatoms. The second kappa shape index (κ2) is 11.5. The molecule has 2 saturated carbocycles. The molecule has 6 rings (SSSR count). The highest BCUT2D eigenvalue weighted by atomic mass is 19.4. The minimum atomic E-state index is -4.30. The van der Waals surface area contributed by atoms with Crippen LogP contribution in [0.5, 0.6) is 0 Å². The predicted molar refractivity (Wildman–Crippen MR) is 150 cm³/mol. The largest absolute Gasteiger partial charge is 0.416 e. The highest BCUT2D eigenvalue weighted by Crippen LogP contribution is 2.34. The number of nitrogens with one attached hydrogen (secondary N) is 2. The summed E-state index contributed by atoms with van der Waals surface area (Å²) in [5.74, 6) is 1.78. The van der Waals surface area contributed by atoms with E-state index in [0.717, 1.165) is 93.4 Å². The standard InChI is InChI=1S/C29H39F3N8/c30-29(31,32)21-7-5-19(6-8-21)17-20-13-15-39(16-14-20)38-26-25-27(40(18-34-25)24-3-1-2-4-24)37-28(36-26)35-23-11-9-22(33)10-12-23/h5-8,18,20,22-24H,1-4,9-17,33H2,(H2,35,36,37,38). The van der Waals surface area contributed by atoms with Crippen LogP contribution in [0.25, 0.3) is 11.2 Å². The van der Waals surface area contributed by atoms with Crippen molar-refractivity contribution < 1.29 is 13.2 Å². The van der Waals surface area contributed by atoms with Crippen molar-refractivity contribution in [3.63, 3.8) is 0 Å². The Bertz CT molecular complexity index is 1270. The van der Waals surface area contributed by atoms with Crippen molar-refractivity contribution in [1.82, 2.24) is 24.5 Å². The SMILES string of the molecule is NC1CCC(Nc2nc(NN3CCC(Cc4ccc(C(F)(F)F)cc4)CC3)c3ncn(C4CCCC4)c3n2)CC1. The van der Waals surface area contributed by atoms with Crippen LogP contribution < -0.4 is 16.5 Å². The summed E-state index contributed by atoms with van der Waals surface area (Å²) >= 11 is 0. The van der Waals surface area contributed by atoms with Gasteiger partial charge in [-0.05, 0) is 81.4 Å². The molecule has 3 aliphatic rings. The summed E-state index contributed by atoms with van der Waals surface area (Å²) in [7, 11) is 0. The van der Waals surface area contributed by atoms with Crippen molar-refractivity contribution in [2.75, 3.05) is 23.8 Å². The number of rotatable bonds is 7. The topological polar surface area (TPSA) is 96.9 Å². The van der Waals surface area contributed by atoms with Gasteiger partial charge < -0.3 is 21.0 Å². The van der Waals surface area contributed by atoms with Crippen molar-refractivity contribution in [1.29, 1.82) is 0 Å². The van der Waals surface area contributed by atoms with Gasteiger partial charge in [-0.2, -0.15) is 23.1 Å². The van der Waals surface area contributed by atoms with Crippen molar-refractivity contribution >= 4 is 22.9 Å². The lowest BCUT2D eigenvalue weighted by Crippen LogP contribution is -2.39.